The summed E-state index contributed by atoms with van der Waals surface area (Å²) >= 11 is 0.710. The molecule has 198 valence electrons. The molecule has 3 heterocycles. The molecule has 1 fully saturated rings. The quantitative estimate of drug-likeness (QED) is 0.243. The van der Waals surface area contributed by atoms with E-state index in [0.29, 0.717) is 40.3 Å². The topological polar surface area (TPSA) is 159 Å². The number of amides is 3. The molecule has 39 heavy (non-hydrogen) atoms. The lowest BCUT2D eigenvalue weighted by Gasteiger charge is -2.12. The van der Waals surface area contributed by atoms with Crippen LogP contribution in [0.15, 0.2) is 59.6 Å². The van der Waals surface area contributed by atoms with E-state index in [1.807, 2.05) is 0 Å². The first-order valence-corrected chi connectivity index (χ1v) is 12.0. The van der Waals surface area contributed by atoms with Crippen LogP contribution in [0.25, 0.3) is 6.08 Å². The minimum Gasteiger partial charge on any atom is -0.493 e. The second-order valence-electron chi connectivity index (χ2n) is 8.01. The third-order valence-electron chi connectivity index (χ3n) is 5.46. The number of hydrogen-bond acceptors (Lipinski definition) is 11. The number of anilines is 1. The highest BCUT2D eigenvalue weighted by molar-refractivity contribution is 8.18. The van der Waals surface area contributed by atoms with Crippen molar-refractivity contribution < 1.29 is 38.3 Å². The minimum absolute atomic E-state index is 0.0917. The molecule has 1 saturated heterocycles. The summed E-state index contributed by atoms with van der Waals surface area (Å²) in [7, 11) is 1.42. The summed E-state index contributed by atoms with van der Waals surface area (Å²) in [6.07, 6.45) is 2.57. The van der Waals surface area contributed by atoms with Crippen molar-refractivity contribution in [3.63, 3.8) is 0 Å². The van der Waals surface area contributed by atoms with Gasteiger partial charge in [0.15, 0.2) is 23.0 Å². The molecule has 5 rings (SSSR count). The second kappa shape index (κ2) is 10.7. The Kier molecular flexibility index (Phi) is 7.01. The monoisotopic (exact) mass is 550 g/mol. The summed E-state index contributed by atoms with van der Waals surface area (Å²) in [5.41, 5.74) is 0.792. The first-order chi connectivity index (χ1) is 18.8. The zero-order chi connectivity index (χ0) is 27.5. The number of imide groups is 1. The molecule has 1 N–H and O–H groups in total. The van der Waals surface area contributed by atoms with Gasteiger partial charge in [0, 0.05) is 23.9 Å². The molecule has 13 nitrogen and oxygen atoms in total. The number of pyridine rings is 1. The molecule has 0 atom stereocenters. The van der Waals surface area contributed by atoms with Crippen molar-refractivity contribution in [2.75, 3.05) is 25.8 Å². The van der Waals surface area contributed by atoms with Gasteiger partial charge in [0.05, 0.1) is 16.9 Å². The van der Waals surface area contributed by atoms with Crippen LogP contribution in [0.3, 0.4) is 0 Å². The van der Waals surface area contributed by atoms with Crippen molar-refractivity contribution in [3.05, 3.63) is 75.3 Å². The lowest BCUT2D eigenvalue weighted by Crippen LogP contribution is -2.36. The second-order valence-corrected chi connectivity index (χ2v) is 9.00. The van der Waals surface area contributed by atoms with Crippen molar-refractivity contribution in [2.24, 2.45) is 0 Å². The van der Waals surface area contributed by atoms with Crippen LogP contribution in [-0.2, 0) is 9.59 Å². The number of nitrogens with one attached hydrogen (secondary N) is 1. The molecule has 2 aliphatic heterocycles. The Labute approximate surface area is 224 Å². The van der Waals surface area contributed by atoms with Crippen LogP contribution in [0.4, 0.5) is 16.2 Å². The maximum absolute atomic E-state index is 12.9. The molecule has 0 spiro atoms. The average Bonchev–Trinajstić information content (AvgIpc) is 3.49. The van der Waals surface area contributed by atoms with Crippen LogP contribution in [-0.4, -0.2) is 52.3 Å². The molecule has 3 amide bonds. The van der Waals surface area contributed by atoms with Crippen molar-refractivity contribution >= 4 is 46.3 Å². The molecule has 0 bridgehead atoms. The number of rotatable bonds is 8. The van der Waals surface area contributed by atoms with E-state index >= 15 is 0 Å². The van der Waals surface area contributed by atoms with Gasteiger partial charge in [0.25, 0.3) is 16.8 Å². The zero-order valence-corrected chi connectivity index (χ0v) is 20.9. The first kappa shape index (κ1) is 25.5. The molecule has 2 aromatic carbocycles. The van der Waals surface area contributed by atoms with Crippen LogP contribution >= 0.6 is 11.8 Å². The van der Waals surface area contributed by atoms with E-state index in [1.54, 1.807) is 36.4 Å². The molecular formula is C25H18N4O9S. The largest absolute Gasteiger partial charge is 0.493 e. The number of carbonyl (C=O) groups is 3. The van der Waals surface area contributed by atoms with Gasteiger partial charge in [-0.15, -0.1) is 0 Å². The van der Waals surface area contributed by atoms with Gasteiger partial charge in [-0.25, -0.2) is 4.98 Å². The molecule has 0 radical (unpaired) electrons. The van der Waals surface area contributed by atoms with E-state index in [-0.39, 0.29) is 29.0 Å². The van der Waals surface area contributed by atoms with Crippen molar-refractivity contribution in [1.29, 1.82) is 0 Å². The fraction of sp³-hybridized carbons (Fsp3) is 0.120. The van der Waals surface area contributed by atoms with Gasteiger partial charge in [-0.05, 0) is 47.7 Å². The Balaban J connectivity index is 1.25. The third kappa shape index (κ3) is 5.60. The van der Waals surface area contributed by atoms with E-state index in [1.165, 1.54) is 25.3 Å². The number of carbonyl (C=O) groups excluding carboxylic acids is 3. The smallest absolute Gasteiger partial charge is 0.294 e. The zero-order valence-electron chi connectivity index (χ0n) is 20.1. The first-order valence-electron chi connectivity index (χ1n) is 11.2. The highest BCUT2D eigenvalue weighted by Gasteiger charge is 2.36. The fourth-order valence-electron chi connectivity index (χ4n) is 3.62. The summed E-state index contributed by atoms with van der Waals surface area (Å²) in [6, 6.07) is 12.2. The number of hydrogen-bond donors (Lipinski definition) is 1. The summed E-state index contributed by atoms with van der Waals surface area (Å²) in [6.45, 7) is -0.372. The van der Waals surface area contributed by atoms with E-state index < -0.39 is 28.5 Å². The van der Waals surface area contributed by atoms with Gasteiger partial charge >= 0.3 is 0 Å². The molecule has 1 aromatic heterocycles. The van der Waals surface area contributed by atoms with Gasteiger partial charge < -0.3 is 24.3 Å². The Morgan fingerprint density at radius 2 is 1.97 bits per heavy atom. The van der Waals surface area contributed by atoms with Crippen molar-refractivity contribution in [1.82, 2.24) is 9.88 Å². The molecule has 0 unspecified atom stereocenters. The number of benzene rings is 2. The maximum Gasteiger partial charge on any atom is 0.294 e. The number of aromatic nitrogens is 1. The maximum atomic E-state index is 12.9. The van der Waals surface area contributed by atoms with Crippen LogP contribution in [0.5, 0.6) is 28.9 Å². The SMILES string of the molecule is COc1cc(/C=C2/SC(=O)N(CC(=O)Nc3ccc4c(c3)OCO4)C2=O)ccc1Oc1ccc([N+](=O)[O-])cn1. The standard InChI is InChI=1S/C25H18N4O9S/c1-35-19-8-14(2-5-18(19)38-23-7-4-16(11-26-23)29(33)34)9-21-24(31)28(25(32)39-21)12-22(30)27-15-3-6-17-20(10-15)37-13-36-17/h2-11H,12-13H2,1H3,(H,27,30)/b21-9+. The van der Waals surface area contributed by atoms with Crippen LogP contribution in [0.2, 0.25) is 0 Å². The molecule has 3 aromatic rings. The Hall–Kier alpha value is -5.11. The average molecular weight is 551 g/mol. The number of nitro groups is 1. The number of thioether (sulfide) groups is 1. The predicted octanol–water partition coefficient (Wildman–Crippen LogP) is 4.19. The van der Waals surface area contributed by atoms with Gasteiger partial charge in [-0.2, -0.15) is 0 Å². The Morgan fingerprint density at radius 3 is 2.72 bits per heavy atom. The van der Waals surface area contributed by atoms with Gasteiger partial charge in [-0.1, -0.05) is 6.07 Å². The number of nitrogens with zero attached hydrogens (tertiary/aromatic N) is 3. The molecule has 2 aliphatic rings. The van der Waals surface area contributed by atoms with E-state index in [9.17, 15) is 24.5 Å². The van der Waals surface area contributed by atoms with E-state index in [4.69, 9.17) is 18.9 Å². The van der Waals surface area contributed by atoms with Crippen molar-refractivity contribution in [3.8, 4) is 28.9 Å². The van der Waals surface area contributed by atoms with E-state index in [2.05, 4.69) is 10.3 Å². The summed E-state index contributed by atoms with van der Waals surface area (Å²) in [4.78, 5) is 53.0. The summed E-state index contributed by atoms with van der Waals surface area (Å²) in [5.74, 6) is 0.573. The summed E-state index contributed by atoms with van der Waals surface area (Å²) in [5, 5.41) is 12.9. The number of ether oxygens (including phenoxy) is 4. The van der Waals surface area contributed by atoms with Gasteiger partial charge in [0.1, 0.15) is 12.7 Å². The fourth-order valence-corrected chi connectivity index (χ4v) is 4.46. The minimum atomic E-state index is -0.611. The van der Waals surface area contributed by atoms with Crippen molar-refractivity contribution in [2.45, 2.75) is 0 Å². The molecular weight excluding hydrogens is 532 g/mol. The molecule has 0 saturated carbocycles. The highest BCUT2D eigenvalue weighted by Crippen LogP contribution is 2.37. The lowest BCUT2D eigenvalue weighted by atomic mass is 10.2. The van der Waals surface area contributed by atoms with Gasteiger partial charge in [0.2, 0.25) is 18.6 Å². The van der Waals surface area contributed by atoms with Crippen LogP contribution in [0, 0.1) is 10.1 Å². The lowest BCUT2D eigenvalue weighted by molar-refractivity contribution is -0.385. The predicted molar refractivity (Wildman–Crippen MR) is 138 cm³/mol. The third-order valence-corrected chi connectivity index (χ3v) is 6.37. The normalized spacial score (nSPS) is 15.0. The van der Waals surface area contributed by atoms with E-state index in [0.717, 1.165) is 11.1 Å². The number of fused-ring (bicyclic) bond motifs is 1. The number of methoxy groups -OCH3 is 1. The Morgan fingerprint density at radius 1 is 1.15 bits per heavy atom. The molecule has 14 heteroatoms. The summed E-state index contributed by atoms with van der Waals surface area (Å²) < 4.78 is 21.5. The highest BCUT2D eigenvalue weighted by atomic mass is 32.2. The van der Waals surface area contributed by atoms with Gasteiger partial charge in [-0.3, -0.25) is 29.4 Å². The molecule has 0 aliphatic carbocycles. The Bertz CT molecular complexity index is 1520. The van der Waals surface area contributed by atoms with Crippen LogP contribution in [0.1, 0.15) is 5.56 Å². The van der Waals surface area contributed by atoms with Crippen LogP contribution < -0.4 is 24.3 Å².